The second kappa shape index (κ2) is 7.14. The molecule has 1 unspecified atom stereocenters. The first-order chi connectivity index (χ1) is 13.0. The summed E-state index contributed by atoms with van der Waals surface area (Å²) in [4.78, 5) is 29.2. The summed E-state index contributed by atoms with van der Waals surface area (Å²) in [6.07, 6.45) is 1.75. The number of nitrogens with one attached hydrogen (secondary N) is 1. The van der Waals surface area contributed by atoms with E-state index < -0.39 is 0 Å². The minimum absolute atomic E-state index is 0.114. The number of carbonyl (C=O) groups is 2. The van der Waals surface area contributed by atoms with E-state index in [0.717, 1.165) is 11.1 Å². The highest BCUT2D eigenvalue weighted by atomic mass is 35.5. The minimum atomic E-state index is -0.210. The number of amides is 1. The molecule has 4 rings (SSSR count). The Morgan fingerprint density at radius 2 is 1.78 bits per heavy atom. The highest BCUT2D eigenvalue weighted by molar-refractivity contribution is 6.31. The van der Waals surface area contributed by atoms with Gasteiger partial charge in [-0.05, 0) is 48.0 Å². The van der Waals surface area contributed by atoms with Crippen LogP contribution in [0.25, 0.3) is 0 Å². The van der Waals surface area contributed by atoms with Crippen molar-refractivity contribution >= 4 is 40.7 Å². The van der Waals surface area contributed by atoms with Crippen LogP contribution in [0.2, 0.25) is 10.0 Å². The minimum Gasteiger partial charge on any atom is -0.310 e. The second-order valence-electron chi connectivity index (χ2n) is 6.36. The van der Waals surface area contributed by atoms with Crippen LogP contribution >= 0.6 is 23.2 Å². The monoisotopic (exact) mass is 396 g/mol. The van der Waals surface area contributed by atoms with Gasteiger partial charge in [0.05, 0.1) is 0 Å². The van der Waals surface area contributed by atoms with Crippen molar-refractivity contribution in [1.82, 2.24) is 4.98 Å². The Bertz CT molecular complexity index is 1050. The topological polar surface area (TPSA) is 59.1 Å². The Morgan fingerprint density at radius 1 is 1.00 bits per heavy atom. The van der Waals surface area contributed by atoms with E-state index in [1.807, 2.05) is 18.2 Å². The lowest BCUT2D eigenvalue weighted by Gasteiger charge is -2.25. The van der Waals surface area contributed by atoms with Crippen LogP contribution in [0.3, 0.4) is 0 Å². The number of nitrogens with zero attached hydrogens (tertiary/aromatic N) is 1. The van der Waals surface area contributed by atoms with E-state index >= 15 is 0 Å². The van der Waals surface area contributed by atoms with E-state index in [1.54, 1.807) is 36.4 Å². The SMILES string of the molecule is O=C1CC(c2cccc(Cl)c2)c2cc(C(=O)c3ccc(Cl)cc3)cnc2N1. The zero-order valence-corrected chi connectivity index (χ0v) is 15.6. The van der Waals surface area contributed by atoms with Gasteiger partial charge < -0.3 is 5.32 Å². The van der Waals surface area contributed by atoms with Gasteiger partial charge in [0.2, 0.25) is 5.91 Å². The summed E-state index contributed by atoms with van der Waals surface area (Å²) in [6.45, 7) is 0. The van der Waals surface area contributed by atoms with E-state index in [4.69, 9.17) is 23.2 Å². The van der Waals surface area contributed by atoms with E-state index in [1.165, 1.54) is 6.20 Å². The molecule has 1 N–H and O–H groups in total. The zero-order chi connectivity index (χ0) is 19.0. The molecule has 1 atom stereocenters. The van der Waals surface area contributed by atoms with E-state index in [0.29, 0.717) is 27.0 Å². The van der Waals surface area contributed by atoms with E-state index in [-0.39, 0.29) is 24.0 Å². The lowest BCUT2D eigenvalue weighted by Crippen LogP contribution is -2.25. The Hall–Kier alpha value is -2.69. The summed E-state index contributed by atoms with van der Waals surface area (Å²) < 4.78 is 0. The van der Waals surface area contributed by atoms with E-state index in [9.17, 15) is 9.59 Å². The molecule has 0 spiro atoms. The average Bonchev–Trinajstić information content (AvgIpc) is 2.67. The van der Waals surface area contributed by atoms with E-state index in [2.05, 4.69) is 10.3 Å². The van der Waals surface area contributed by atoms with Gasteiger partial charge in [-0.25, -0.2) is 4.98 Å². The molecular formula is C21H14Cl2N2O2. The third-order valence-corrected chi connectivity index (χ3v) is 5.05. The van der Waals surface area contributed by atoms with Crippen molar-refractivity contribution < 1.29 is 9.59 Å². The number of ketones is 1. The van der Waals surface area contributed by atoms with Crippen molar-refractivity contribution in [3.8, 4) is 0 Å². The lowest BCUT2D eigenvalue weighted by molar-refractivity contribution is -0.116. The lowest BCUT2D eigenvalue weighted by atomic mass is 9.85. The molecule has 0 bridgehead atoms. The number of anilines is 1. The molecule has 0 fully saturated rings. The largest absolute Gasteiger partial charge is 0.310 e. The van der Waals surface area contributed by atoms with Gasteiger partial charge >= 0.3 is 0 Å². The Kier molecular flexibility index (Phi) is 4.68. The van der Waals surface area contributed by atoms with Crippen molar-refractivity contribution in [3.05, 3.63) is 93.1 Å². The number of pyridine rings is 1. The molecule has 0 radical (unpaired) electrons. The molecule has 1 aliphatic rings. The predicted molar refractivity (Wildman–Crippen MR) is 106 cm³/mol. The fraction of sp³-hybridized carbons (Fsp3) is 0.0952. The average molecular weight is 397 g/mol. The zero-order valence-electron chi connectivity index (χ0n) is 14.1. The summed E-state index contributed by atoms with van der Waals surface area (Å²) in [5, 5.41) is 3.94. The van der Waals surface area contributed by atoms with Crippen LogP contribution in [0, 0.1) is 0 Å². The van der Waals surface area contributed by atoms with Gasteiger partial charge in [0.25, 0.3) is 0 Å². The second-order valence-corrected chi connectivity index (χ2v) is 7.23. The van der Waals surface area contributed by atoms with Crippen molar-refractivity contribution in [3.63, 3.8) is 0 Å². The van der Waals surface area contributed by atoms with Crippen LogP contribution in [-0.4, -0.2) is 16.7 Å². The number of halogens is 2. The predicted octanol–water partition coefficient (Wildman–Crippen LogP) is 5.09. The van der Waals surface area contributed by atoms with Crippen LogP contribution in [0.5, 0.6) is 0 Å². The molecule has 0 saturated carbocycles. The fourth-order valence-corrected chi connectivity index (χ4v) is 3.57. The van der Waals surface area contributed by atoms with Crippen LogP contribution in [0.15, 0.2) is 60.8 Å². The summed E-state index contributed by atoms with van der Waals surface area (Å²) >= 11 is 12.0. The number of aromatic nitrogens is 1. The molecule has 2 aromatic carbocycles. The van der Waals surface area contributed by atoms with Crippen molar-refractivity contribution in [2.75, 3.05) is 5.32 Å². The number of carbonyl (C=O) groups excluding carboxylic acids is 2. The molecule has 134 valence electrons. The molecule has 4 nitrogen and oxygen atoms in total. The molecule has 0 saturated heterocycles. The van der Waals surface area contributed by atoms with Crippen molar-refractivity contribution in [2.24, 2.45) is 0 Å². The molecule has 0 aliphatic carbocycles. The number of hydrogen-bond acceptors (Lipinski definition) is 3. The molecule has 27 heavy (non-hydrogen) atoms. The quantitative estimate of drug-likeness (QED) is 0.626. The number of fused-ring (bicyclic) bond motifs is 1. The molecule has 3 aromatic rings. The number of hydrogen-bond donors (Lipinski definition) is 1. The van der Waals surface area contributed by atoms with Gasteiger partial charge in [-0.1, -0.05) is 35.3 Å². The molecular weight excluding hydrogens is 383 g/mol. The molecule has 2 heterocycles. The van der Waals surface area contributed by atoms with Gasteiger partial charge in [0, 0.05) is 45.3 Å². The third-order valence-electron chi connectivity index (χ3n) is 4.56. The highest BCUT2D eigenvalue weighted by Gasteiger charge is 2.28. The maximum absolute atomic E-state index is 12.8. The molecule has 1 aliphatic heterocycles. The summed E-state index contributed by atoms with van der Waals surface area (Å²) in [7, 11) is 0. The van der Waals surface area contributed by atoms with Gasteiger partial charge in [-0.3, -0.25) is 9.59 Å². The fourth-order valence-electron chi connectivity index (χ4n) is 3.24. The molecule has 1 amide bonds. The Labute approximate surface area is 166 Å². The smallest absolute Gasteiger partial charge is 0.226 e. The van der Waals surface area contributed by atoms with Gasteiger partial charge in [0.15, 0.2) is 5.78 Å². The third kappa shape index (κ3) is 3.59. The van der Waals surface area contributed by atoms with Crippen molar-refractivity contribution in [1.29, 1.82) is 0 Å². The highest BCUT2D eigenvalue weighted by Crippen LogP contribution is 2.37. The molecule has 1 aromatic heterocycles. The summed E-state index contributed by atoms with van der Waals surface area (Å²) in [5.74, 6) is 0.00210. The van der Waals surface area contributed by atoms with Crippen LogP contribution in [0.1, 0.15) is 39.4 Å². The van der Waals surface area contributed by atoms with Crippen LogP contribution in [-0.2, 0) is 4.79 Å². The maximum Gasteiger partial charge on any atom is 0.226 e. The van der Waals surface area contributed by atoms with Crippen molar-refractivity contribution in [2.45, 2.75) is 12.3 Å². The summed E-state index contributed by atoms with van der Waals surface area (Å²) in [5.41, 5.74) is 2.70. The van der Waals surface area contributed by atoms with Gasteiger partial charge in [0.1, 0.15) is 5.82 Å². The van der Waals surface area contributed by atoms with Gasteiger partial charge in [-0.2, -0.15) is 0 Å². The van der Waals surface area contributed by atoms with Crippen LogP contribution in [0.4, 0.5) is 5.82 Å². The Balaban J connectivity index is 1.76. The standard InChI is InChI=1S/C21H14Cl2N2O2/c22-15-6-4-12(5-7-15)20(27)14-9-18-17(13-2-1-3-16(23)8-13)10-19(26)25-21(18)24-11-14/h1-9,11,17H,10H2,(H,24,25,26). The first-order valence-corrected chi connectivity index (χ1v) is 9.12. The number of benzene rings is 2. The first-order valence-electron chi connectivity index (χ1n) is 8.37. The van der Waals surface area contributed by atoms with Crippen LogP contribution < -0.4 is 5.32 Å². The number of rotatable bonds is 3. The van der Waals surface area contributed by atoms with Gasteiger partial charge in [-0.15, -0.1) is 0 Å². The normalized spacial score (nSPS) is 15.8. The summed E-state index contributed by atoms with van der Waals surface area (Å²) in [6, 6.07) is 15.9. The maximum atomic E-state index is 12.8. The molecule has 6 heteroatoms. The Morgan fingerprint density at radius 3 is 2.52 bits per heavy atom. The first kappa shape index (κ1) is 17.7.